The lowest BCUT2D eigenvalue weighted by molar-refractivity contribution is 0.0948. The van der Waals surface area contributed by atoms with E-state index in [2.05, 4.69) is 56.1 Å². The second-order valence-corrected chi connectivity index (χ2v) is 9.87. The Kier molecular flexibility index (Phi) is 8.62. The summed E-state index contributed by atoms with van der Waals surface area (Å²) in [6, 6.07) is 17.5. The number of amides is 2. The number of benzene rings is 2. The molecule has 0 unspecified atom stereocenters. The number of carbonyl (C=O) groups excluding carboxylic acids is 2. The van der Waals surface area contributed by atoms with Gasteiger partial charge in [-0.2, -0.15) is 0 Å². The number of halogens is 1. The van der Waals surface area contributed by atoms with E-state index < -0.39 is 5.91 Å². The summed E-state index contributed by atoms with van der Waals surface area (Å²) >= 11 is 6.90. The lowest BCUT2D eigenvalue weighted by Crippen LogP contribution is -2.36. The molecule has 0 saturated carbocycles. The Hall–Kier alpha value is -2.81. The van der Waals surface area contributed by atoms with Gasteiger partial charge >= 0.3 is 0 Å². The van der Waals surface area contributed by atoms with Crippen molar-refractivity contribution in [2.24, 2.45) is 5.92 Å². The number of piperidine rings is 1. The summed E-state index contributed by atoms with van der Waals surface area (Å²) in [5.41, 5.74) is 1.98. The largest absolute Gasteiger partial charge is 0.350 e. The van der Waals surface area contributed by atoms with Gasteiger partial charge in [-0.3, -0.25) is 9.59 Å². The van der Waals surface area contributed by atoms with Crippen molar-refractivity contribution in [3.8, 4) is 0 Å². The van der Waals surface area contributed by atoms with Gasteiger partial charge in [0.05, 0.1) is 0 Å². The molecule has 0 radical (unpaired) electrons. The van der Waals surface area contributed by atoms with Crippen LogP contribution >= 0.6 is 22.9 Å². The molecule has 178 valence electrons. The van der Waals surface area contributed by atoms with Crippen molar-refractivity contribution in [1.29, 1.82) is 0 Å². The van der Waals surface area contributed by atoms with E-state index in [1.807, 2.05) is 0 Å². The smallest absolute Gasteiger partial charge is 0.286 e. The van der Waals surface area contributed by atoms with Crippen LogP contribution in [0.5, 0.6) is 0 Å². The van der Waals surface area contributed by atoms with E-state index in [9.17, 15) is 9.59 Å². The zero-order valence-electron chi connectivity index (χ0n) is 18.9. The molecule has 1 fully saturated rings. The zero-order chi connectivity index (χ0) is 23.8. The summed E-state index contributed by atoms with van der Waals surface area (Å²) in [5.74, 6) is 0.0244. The van der Waals surface area contributed by atoms with E-state index in [0.29, 0.717) is 17.3 Å². The Balaban J connectivity index is 1.14. The summed E-state index contributed by atoms with van der Waals surface area (Å²) in [5, 5.41) is 14.1. The van der Waals surface area contributed by atoms with Crippen molar-refractivity contribution in [3.63, 3.8) is 0 Å². The van der Waals surface area contributed by atoms with Crippen LogP contribution in [-0.2, 0) is 6.42 Å². The first kappa shape index (κ1) is 24.3. The molecule has 0 bridgehead atoms. The van der Waals surface area contributed by atoms with Crippen molar-refractivity contribution in [2.45, 2.75) is 25.7 Å². The molecule has 1 aliphatic rings. The summed E-state index contributed by atoms with van der Waals surface area (Å²) in [4.78, 5) is 27.2. The highest BCUT2D eigenvalue weighted by Crippen LogP contribution is 2.22. The molecule has 1 saturated heterocycles. The van der Waals surface area contributed by atoms with Crippen LogP contribution in [-0.4, -0.2) is 53.1 Å². The highest BCUT2D eigenvalue weighted by atomic mass is 35.5. The highest BCUT2D eigenvalue weighted by Gasteiger charge is 2.20. The van der Waals surface area contributed by atoms with Crippen molar-refractivity contribution < 1.29 is 9.59 Å². The molecule has 2 aromatic carbocycles. The van der Waals surface area contributed by atoms with E-state index >= 15 is 0 Å². The van der Waals surface area contributed by atoms with Crippen LogP contribution in [0.1, 0.15) is 44.4 Å². The van der Waals surface area contributed by atoms with Crippen LogP contribution in [0.25, 0.3) is 0 Å². The van der Waals surface area contributed by atoms with Crippen molar-refractivity contribution in [2.75, 3.05) is 31.5 Å². The summed E-state index contributed by atoms with van der Waals surface area (Å²) < 4.78 is 0. The number of hydrogen-bond acceptors (Lipinski definition) is 6. The third-order valence-electron chi connectivity index (χ3n) is 5.91. The van der Waals surface area contributed by atoms with Gasteiger partial charge in [0.15, 0.2) is 0 Å². The minimum Gasteiger partial charge on any atom is -0.350 e. The third-order valence-corrected chi connectivity index (χ3v) is 7.06. The van der Waals surface area contributed by atoms with Crippen LogP contribution in [0.4, 0.5) is 5.69 Å². The molecular weight excluding hydrogens is 470 g/mol. The fourth-order valence-electron chi connectivity index (χ4n) is 4.10. The van der Waals surface area contributed by atoms with Crippen LogP contribution < -0.4 is 10.6 Å². The van der Waals surface area contributed by atoms with E-state index in [0.717, 1.165) is 49.7 Å². The molecule has 34 heavy (non-hydrogen) atoms. The molecule has 0 spiro atoms. The van der Waals surface area contributed by atoms with E-state index in [1.165, 1.54) is 18.4 Å². The molecule has 1 aliphatic heterocycles. The van der Waals surface area contributed by atoms with Gasteiger partial charge in [0.1, 0.15) is 0 Å². The normalized spacial score (nSPS) is 14.6. The van der Waals surface area contributed by atoms with Crippen LogP contribution in [0.2, 0.25) is 5.02 Å². The average molecular weight is 498 g/mol. The Morgan fingerprint density at radius 1 is 1.00 bits per heavy atom. The standard InChI is InChI=1S/C25H28ClN5O2S/c26-20-8-4-9-21(17-20)28-23(33)25-30-29-24(34-25)22(32)27-12-5-13-31-14-10-19(11-15-31)16-18-6-2-1-3-7-18/h1-4,6-9,17,19H,5,10-16H2,(H,27,32)(H,28,33). The Bertz CT molecular complexity index is 1100. The second-order valence-electron chi connectivity index (χ2n) is 8.46. The van der Waals surface area contributed by atoms with Crippen molar-refractivity contribution >= 4 is 40.4 Å². The van der Waals surface area contributed by atoms with Gasteiger partial charge in [-0.25, -0.2) is 0 Å². The minimum absolute atomic E-state index is 0.128. The molecule has 3 aromatic rings. The molecule has 2 N–H and O–H groups in total. The number of anilines is 1. The van der Waals surface area contributed by atoms with Crippen LogP contribution in [0.3, 0.4) is 0 Å². The third kappa shape index (κ3) is 7.09. The van der Waals surface area contributed by atoms with Gasteiger partial charge in [-0.05, 0) is 75.0 Å². The van der Waals surface area contributed by atoms with Gasteiger partial charge in [0.2, 0.25) is 10.0 Å². The van der Waals surface area contributed by atoms with E-state index in [4.69, 9.17) is 11.6 Å². The van der Waals surface area contributed by atoms with E-state index in [1.54, 1.807) is 24.3 Å². The SMILES string of the molecule is O=C(NCCCN1CCC(Cc2ccccc2)CC1)c1nnc(C(=O)Nc2cccc(Cl)c2)s1. The molecule has 2 amide bonds. The minimum atomic E-state index is -0.422. The van der Waals surface area contributed by atoms with E-state index in [-0.39, 0.29) is 15.9 Å². The predicted molar refractivity (Wildman–Crippen MR) is 136 cm³/mol. The van der Waals surface area contributed by atoms with Gasteiger partial charge in [0.25, 0.3) is 11.8 Å². The molecule has 0 atom stereocenters. The average Bonchev–Trinajstić information content (AvgIpc) is 3.34. The Morgan fingerprint density at radius 3 is 2.47 bits per heavy atom. The predicted octanol–water partition coefficient (Wildman–Crippen LogP) is 4.52. The summed E-state index contributed by atoms with van der Waals surface area (Å²) in [7, 11) is 0. The topological polar surface area (TPSA) is 87.2 Å². The Labute approximate surface area is 208 Å². The molecule has 1 aromatic heterocycles. The summed E-state index contributed by atoms with van der Waals surface area (Å²) in [6.07, 6.45) is 4.46. The quantitative estimate of drug-likeness (QED) is 0.424. The number of rotatable bonds is 9. The maximum Gasteiger partial charge on any atom is 0.286 e. The maximum absolute atomic E-state index is 12.4. The van der Waals surface area contributed by atoms with Gasteiger partial charge < -0.3 is 15.5 Å². The molecular formula is C25H28ClN5O2S. The summed E-state index contributed by atoms with van der Waals surface area (Å²) in [6.45, 7) is 3.73. The fraction of sp³-hybridized carbons (Fsp3) is 0.360. The number of nitrogens with zero attached hydrogens (tertiary/aromatic N) is 3. The van der Waals surface area contributed by atoms with Gasteiger partial charge in [0, 0.05) is 17.3 Å². The second kappa shape index (κ2) is 12.1. The monoisotopic (exact) mass is 497 g/mol. The molecule has 0 aliphatic carbocycles. The maximum atomic E-state index is 12.4. The molecule has 7 nitrogen and oxygen atoms in total. The fourth-order valence-corrected chi connectivity index (χ4v) is 4.94. The lowest BCUT2D eigenvalue weighted by Gasteiger charge is -2.32. The Morgan fingerprint density at radius 2 is 1.74 bits per heavy atom. The van der Waals surface area contributed by atoms with Gasteiger partial charge in [-0.1, -0.05) is 59.3 Å². The number of hydrogen-bond donors (Lipinski definition) is 2. The zero-order valence-corrected chi connectivity index (χ0v) is 20.4. The molecule has 9 heteroatoms. The van der Waals surface area contributed by atoms with Crippen LogP contribution in [0.15, 0.2) is 54.6 Å². The number of aromatic nitrogens is 2. The molecule has 2 heterocycles. The molecule has 4 rings (SSSR count). The number of likely N-dealkylation sites (tertiary alicyclic amines) is 1. The number of carbonyl (C=O) groups is 2. The van der Waals surface area contributed by atoms with Crippen LogP contribution in [0, 0.1) is 5.92 Å². The lowest BCUT2D eigenvalue weighted by atomic mass is 9.90. The first-order chi connectivity index (χ1) is 16.6. The first-order valence-electron chi connectivity index (χ1n) is 11.5. The number of nitrogens with one attached hydrogen (secondary N) is 2. The van der Waals surface area contributed by atoms with Gasteiger partial charge in [-0.15, -0.1) is 10.2 Å². The van der Waals surface area contributed by atoms with Crippen molar-refractivity contribution in [1.82, 2.24) is 20.4 Å². The van der Waals surface area contributed by atoms with Crippen molar-refractivity contribution in [3.05, 3.63) is 75.2 Å². The highest BCUT2D eigenvalue weighted by molar-refractivity contribution is 7.15. The first-order valence-corrected chi connectivity index (χ1v) is 12.7.